The maximum atomic E-state index is 13.9. The van der Waals surface area contributed by atoms with Gasteiger partial charge in [-0.25, -0.2) is 0 Å². The minimum absolute atomic E-state index is 0.139. The van der Waals surface area contributed by atoms with E-state index < -0.39 is 12.1 Å². The molecule has 0 saturated carbocycles. The Morgan fingerprint density at radius 3 is 2.41 bits per heavy atom. The lowest BCUT2D eigenvalue weighted by atomic mass is 9.92. The number of H-pyrrole nitrogens is 1. The fourth-order valence-electron chi connectivity index (χ4n) is 5.57. The molecule has 0 bridgehead atoms. The zero-order valence-corrected chi connectivity index (χ0v) is 22.3. The van der Waals surface area contributed by atoms with Gasteiger partial charge in [0.2, 0.25) is 5.91 Å². The number of aromatic nitrogens is 1. The van der Waals surface area contributed by atoms with E-state index >= 15 is 0 Å². The minimum atomic E-state index is -0.683. The van der Waals surface area contributed by atoms with Crippen LogP contribution in [0.25, 0.3) is 22.2 Å². The van der Waals surface area contributed by atoms with Gasteiger partial charge in [-0.15, -0.1) is 0 Å². The Morgan fingerprint density at radius 2 is 1.62 bits per heavy atom. The molecule has 0 aliphatic carbocycles. The van der Waals surface area contributed by atoms with Gasteiger partial charge in [0.25, 0.3) is 5.91 Å². The average Bonchev–Trinajstić information content (AvgIpc) is 3.49. The van der Waals surface area contributed by atoms with E-state index in [2.05, 4.69) is 28.5 Å². The van der Waals surface area contributed by atoms with Crippen molar-refractivity contribution in [1.29, 1.82) is 0 Å². The van der Waals surface area contributed by atoms with Gasteiger partial charge < -0.3 is 15.2 Å². The van der Waals surface area contributed by atoms with E-state index in [4.69, 9.17) is 11.6 Å². The van der Waals surface area contributed by atoms with Crippen molar-refractivity contribution in [2.75, 3.05) is 6.54 Å². The summed E-state index contributed by atoms with van der Waals surface area (Å²) in [5.41, 5.74) is 6.59. The van der Waals surface area contributed by atoms with Crippen LogP contribution in [-0.2, 0) is 11.2 Å². The molecule has 2 N–H and O–H groups in total. The van der Waals surface area contributed by atoms with E-state index in [1.807, 2.05) is 91.9 Å². The van der Waals surface area contributed by atoms with Crippen LogP contribution in [0.15, 0.2) is 103 Å². The molecule has 2 heterocycles. The standard InChI is InChI=1S/C33H28ClN3O2/c1-21(32(38)35-20-19-22-15-17-24(34)18-16-22)37-31(25-11-5-6-12-26(25)33(37)39)29-27-13-7-8-14-28(27)36-30(29)23-9-3-2-4-10-23/h2-18,21,31,36H,19-20H2,1H3,(H,35,38). The Hall–Kier alpha value is -4.35. The number of fused-ring (bicyclic) bond motifs is 2. The van der Waals surface area contributed by atoms with Crippen LogP contribution in [-0.4, -0.2) is 34.3 Å². The summed E-state index contributed by atoms with van der Waals surface area (Å²) in [6.07, 6.45) is 0.674. The monoisotopic (exact) mass is 533 g/mol. The smallest absolute Gasteiger partial charge is 0.255 e. The molecule has 2 unspecified atom stereocenters. The summed E-state index contributed by atoms with van der Waals surface area (Å²) in [4.78, 5) is 32.7. The van der Waals surface area contributed by atoms with Crippen molar-refractivity contribution in [2.24, 2.45) is 0 Å². The Labute approximate surface area is 232 Å². The molecule has 0 saturated heterocycles. The minimum Gasteiger partial charge on any atom is -0.354 e. The number of hydrogen-bond acceptors (Lipinski definition) is 2. The van der Waals surface area contributed by atoms with Crippen LogP contribution in [0.4, 0.5) is 0 Å². The quantitative estimate of drug-likeness (QED) is 0.242. The fourth-order valence-corrected chi connectivity index (χ4v) is 5.69. The fraction of sp³-hybridized carbons (Fsp3) is 0.152. The molecule has 0 fully saturated rings. The number of carbonyl (C=O) groups is 2. The highest BCUT2D eigenvalue weighted by Crippen LogP contribution is 2.46. The van der Waals surface area contributed by atoms with E-state index in [0.29, 0.717) is 23.6 Å². The lowest BCUT2D eigenvalue weighted by molar-refractivity contribution is -0.125. The van der Waals surface area contributed by atoms with E-state index in [-0.39, 0.29) is 11.8 Å². The highest BCUT2D eigenvalue weighted by atomic mass is 35.5. The number of nitrogens with one attached hydrogen (secondary N) is 2. The molecule has 39 heavy (non-hydrogen) atoms. The molecule has 0 radical (unpaired) electrons. The molecular weight excluding hydrogens is 506 g/mol. The topological polar surface area (TPSA) is 65.2 Å². The van der Waals surface area contributed by atoms with E-state index in [1.165, 1.54) is 0 Å². The summed E-state index contributed by atoms with van der Waals surface area (Å²) in [6, 6.07) is 32.4. The Kier molecular flexibility index (Phi) is 6.67. The van der Waals surface area contributed by atoms with Crippen LogP contribution in [0.3, 0.4) is 0 Å². The van der Waals surface area contributed by atoms with Gasteiger partial charge in [0, 0.05) is 33.6 Å². The van der Waals surface area contributed by atoms with Crippen LogP contribution >= 0.6 is 11.6 Å². The number of rotatable bonds is 7. The molecule has 194 valence electrons. The molecule has 2 atom stereocenters. The maximum absolute atomic E-state index is 13.9. The summed E-state index contributed by atoms with van der Waals surface area (Å²) >= 11 is 6.00. The molecule has 4 aromatic carbocycles. The average molecular weight is 534 g/mol. The second kappa shape index (κ2) is 10.4. The predicted octanol–water partition coefficient (Wildman–Crippen LogP) is 6.78. The van der Waals surface area contributed by atoms with Gasteiger partial charge in [-0.05, 0) is 54.3 Å². The molecule has 1 aliphatic heterocycles. The molecule has 5 nitrogen and oxygen atoms in total. The van der Waals surface area contributed by atoms with Gasteiger partial charge in [0.1, 0.15) is 6.04 Å². The molecule has 1 aliphatic rings. The number of aromatic amines is 1. The molecule has 5 aromatic rings. The van der Waals surface area contributed by atoms with Crippen LogP contribution < -0.4 is 5.32 Å². The molecule has 6 rings (SSSR count). The highest BCUT2D eigenvalue weighted by molar-refractivity contribution is 6.30. The van der Waals surface area contributed by atoms with E-state index in [0.717, 1.165) is 38.9 Å². The van der Waals surface area contributed by atoms with Gasteiger partial charge in [-0.1, -0.05) is 90.5 Å². The lowest BCUT2D eigenvalue weighted by Gasteiger charge is -2.31. The largest absolute Gasteiger partial charge is 0.354 e. The first-order chi connectivity index (χ1) is 19.0. The van der Waals surface area contributed by atoms with Crippen LogP contribution in [0.2, 0.25) is 5.02 Å². The summed E-state index contributed by atoms with van der Waals surface area (Å²) < 4.78 is 0. The number of para-hydroxylation sites is 1. The van der Waals surface area contributed by atoms with E-state index in [9.17, 15) is 9.59 Å². The summed E-state index contributed by atoms with van der Waals surface area (Å²) in [5.74, 6) is -0.323. The Balaban J connectivity index is 1.38. The number of hydrogen-bond donors (Lipinski definition) is 2. The normalized spacial score (nSPS) is 15.4. The van der Waals surface area contributed by atoms with Crippen molar-refractivity contribution in [3.63, 3.8) is 0 Å². The molecule has 6 heteroatoms. The van der Waals surface area contributed by atoms with E-state index in [1.54, 1.807) is 4.90 Å². The molecular formula is C33H28ClN3O2. The van der Waals surface area contributed by atoms with Crippen LogP contribution in [0.5, 0.6) is 0 Å². The van der Waals surface area contributed by atoms with Crippen LogP contribution in [0, 0.1) is 0 Å². The maximum Gasteiger partial charge on any atom is 0.255 e. The Morgan fingerprint density at radius 1 is 0.923 bits per heavy atom. The second-order valence-corrected chi connectivity index (χ2v) is 10.3. The molecule has 1 aromatic heterocycles. The first-order valence-electron chi connectivity index (χ1n) is 13.1. The highest BCUT2D eigenvalue weighted by Gasteiger charge is 2.44. The summed E-state index contributed by atoms with van der Waals surface area (Å²) in [7, 11) is 0. The molecule has 2 amide bonds. The van der Waals surface area contributed by atoms with Crippen molar-refractivity contribution in [3.05, 3.63) is 130 Å². The first-order valence-corrected chi connectivity index (χ1v) is 13.5. The number of amides is 2. The summed E-state index contributed by atoms with van der Waals surface area (Å²) in [5, 5.41) is 4.76. The predicted molar refractivity (Wildman–Crippen MR) is 156 cm³/mol. The van der Waals surface area contributed by atoms with Crippen molar-refractivity contribution in [2.45, 2.75) is 25.4 Å². The number of nitrogens with zero attached hydrogens (tertiary/aromatic N) is 1. The number of halogens is 1. The van der Waals surface area contributed by atoms with Crippen molar-refractivity contribution < 1.29 is 9.59 Å². The van der Waals surface area contributed by atoms with Gasteiger partial charge >= 0.3 is 0 Å². The van der Waals surface area contributed by atoms with Crippen molar-refractivity contribution in [3.8, 4) is 11.3 Å². The van der Waals surface area contributed by atoms with Gasteiger partial charge in [-0.2, -0.15) is 0 Å². The van der Waals surface area contributed by atoms with Crippen molar-refractivity contribution >= 4 is 34.3 Å². The zero-order chi connectivity index (χ0) is 26.9. The number of benzene rings is 4. The SMILES string of the molecule is CC(C(=O)NCCc1ccc(Cl)cc1)N1C(=O)c2ccccc2C1c1c(-c2ccccc2)[nH]c2ccccc12. The van der Waals surface area contributed by atoms with Crippen LogP contribution in [0.1, 0.15) is 40.0 Å². The third-order valence-corrected chi connectivity index (χ3v) is 7.76. The van der Waals surface area contributed by atoms with Gasteiger partial charge in [-0.3, -0.25) is 9.59 Å². The zero-order valence-electron chi connectivity index (χ0n) is 21.5. The second-order valence-electron chi connectivity index (χ2n) is 9.87. The summed E-state index contributed by atoms with van der Waals surface area (Å²) in [6.45, 7) is 2.28. The first kappa shape index (κ1) is 25.0. The lowest BCUT2D eigenvalue weighted by Crippen LogP contribution is -2.47. The Bertz CT molecular complexity index is 1660. The third kappa shape index (κ3) is 4.59. The van der Waals surface area contributed by atoms with Crippen molar-refractivity contribution in [1.82, 2.24) is 15.2 Å². The third-order valence-electron chi connectivity index (χ3n) is 7.50. The molecule has 0 spiro atoms. The van der Waals surface area contributed by atoms with Gasteiger partial charge in [0.15, 0.2) is 0 Å². The number of carbonyl (C=O) groups excluding carboxylic acids is 2. The van der Waals surface area contributed by atoms with Gasteiger partial charge in [0.05, 0.1) is 11.7 Å².